The van der Waals surface area contributed by atoms with E-state index in [2.05, 4.69) is 5.32 Å². The zero-order chi connectivity index (χ0) is 19.4. The van der Waals surface area contributed by atoms with Crippen LogP contribution in [0.5, 0.6) is 0 Å². The summed E-state index contributed by atoms with van der Waals surface area (Å²) < 4.78 is 17.4. The monoisotopic (exact) mass is 385 g/mol. The number of fused-ring (bicyclic) bond motifs is 1. The second-order valence-corrected chi connectivity index (χ2v) is 8.21. The van der Waals surface area contributed by atoms with Crippen molar-refractivity contribution in [1.29, 1.82) is 0 Å². The summed E-state index contributed by atoms with van der Waals surface area (Å²) in [6.45, 7) is 3.31. The zero-order valence-corrected chi connectivity index (χ0v) is 16.3. The quantitative estimate of drug-likeness (QED) is 0.773. The number of ether oxygens (including phenoxy) is 1. The summed E-state index contributed by atoms with van der Waals surface area (Å²) in [5.74, 6) is -0.641. The van der Waals surface area contributed by atoms with Crippen LogP contribution < -0.4 is 5.32 Å². The Hall–Kier alpha value is -2.47. The topological polar surface area (TPSA) is 72.5 Å². The van der Waals surface area contributed by atoms with E-state index in [0.29, 0.717) is 16.3 Å². The molecule has 27 heavy (non-hydrogen) atoms. The molecule has 1 aliphatic carbocycles. The lowest BCUT2D eigenvalue weighted by Crippen LogP contribution is -2.30. The predicted molar refractivity (Wildman–Crippen MR) is 105 cm³/mol. The minimum absolute atomic E-state index is 0.231. The van der Waals surface area contributed by atoms with Crippen LogP contribution in [0.1, 0.15) is 41.8 Å². The Morgan fingerprint density at radius 3 is 2.67 bits per heavy atom. The maximum absolute atomic E-state index is 12.5. The lowest BCUT2D eigenvalue weighted by atomic mass is 10.1. The molecule has 0 saturated carbocycles. The maximum Gasteiger partial charge on any atom is 0.340 e. The van der Waals surface area contributed by atoms with Gasteiger partial charge in [-0.1, -0.05) is 25.1 Å². The first-order chi connectivity index (χ1) is 13.0. The Labute approximate surface area is 161 Å². The first-order valence-electron chi connectivity index (χ1n) is 9.10. The van der Waals surface area contributed by atoms with Crippen molar-refractivity contribution in [2.75, 3.05) is 11.1 Å². The number of anilines is 1. The number of carbonyl (C=O) groups excluding carboxylic acids is 2. The van der Waals surface area contributed by atoms with Gasteiger partial charge in [0.15, 0.2) is 6.10 Å². The molecule has 0 spiro atoms. The summed E-state index contributed by atoms with van der Waals surface area (Å²) in [5.41, 5.74) is 3.52. The number of carbonyl (C=O) groups is 2. The van der Waals surface area contributed by atoms with Gasteiger partial charge in [-0.05, 0) is 61.6 Å². The molecule has 5 nitrogen and oxygen atoms in total. The Morgan fingerprint density at radius 1 is 1.15 bits per heavy atom. The van der Waals surface area contributed by atoms with E-state index in [1.807, 2.05) is 18.2 Å². The number of esters is 1. The van der Waals surface area contributed by atoms with Gasteiger partial charge in [0.2, 0.25) is 0 Å². The van der Waals surface area contributed by atoms with Gasteiger partial charge in [0, 0.05) is 11.4 Å². The van der Waals surface area contributed by atoms with Crippen molar-refractivity contribution in [2.45, 2.75) is 44.1 Å². The largest absolute Gasteiger partial charge is 0.449 e. The molecule has 2 aromatic rings. The van der Waals surface area contributed by atoms with Gasteiger partial charge < -0.3 is 10.1 Å². The summed E-state index contributed by atoms with van der Waals surface area (Å²) in [6.07, 6.45) is 2.28. The molecule has 0 aromatic heterocycles. The van der Waals surface area contributed by atoms with Crippen molar-refractivity contribution in [3.63, 3.8) is 0 Å². The third-order valence-corrected chi connectivity index (χ3v) is 6.00. The molecule has 142 valence electrons. The molecule has 1 aliphatic rings. The number of benzene rings is 2. The van der Waals surface area contributed by atoms with Crippen LogP contribution in [0.15, 0.2) is 47.4 Å². The van der Waals surface area contributed by atoms with Crippen LogP contribution in [0.3, 0.4) is 0 Å². The molecule has 0 heterocycles. The standard InChI is InChI=1S/C21H23NO4S/c1-3-27(25)19-10-5-4-9-18(19)21(24)26-14(2)20(23)22-17-12-11-15-7-6-8-16(15)13-17/h4-5,9-14H,3,6-8H2,1-2H3,(H,22,23)/t14-,27+/m0/s1. The van der Waals surface area contributed by atoms with Crippen LogP contribution in [0.2, 0.25) is 0 Å². The normalized spacial score (nSPS) is 14.9. The zero-order valence-electron chi connectivity index (χ0n) is 15.5. The predicted octanol–water partition coefficient (Wildman–Crippen LogP) is 3.49. The summed E-state index contributed by atoms with van der Waals surface area (Å²) in [4.78, 5) is 25.3. The van der Waals surface area contributed by atoms with E-state index in [4.69, 9.17) is 4.74 Å². The molecule has 1 N–H and O–H groups in total. The molecular weight excluding hydrogens is 362 g/mol. The molecule has 2 aromatic carbocycles. The third kappa shape index (κ3) is 4.45. The van der Waals surface area contributed by atoms with Gasteiger partial charge in [0.05, 0.1) is 21.3 Å². The van der Waals surface area contributed by atoms with Gasteiger partial charge in [-0.3, -0.25) is 9.00 Å². The van der Waals surface area contributed by atoms with Crippen molar-refractivity contribution in [3.05, 3.63) is 59.2 Å². The maximum atomic E-state index is 12.5. The van der Waals surface area contributed by atoms with E-state index in [-0.39, 0.29) is 5.56 Å². The molecule has 0 radical (unpaired) electrons. The molecule has 0 fully saturated rings. The van der Waals surface area contributed by atoms with E-state index in [9.17, 15) is 13.8 Å². The van der Waals surface area contributed by atoms with Crippen LogP contribution in [-0.2, 0) is 33.2 Å². The van der Waals surface area contributed by atoms with Crippen molar-refractivity contribution in [2.24, 2.45) is 0 Å². The molecule has 1 amide bonds. The molecule has 0 saturated heterocycles. The average molecular weight is 385 g/mol. The van der Waals surface area contributed by atoms with Gasteiger partial charge in [-0.2, -0.15) is 0 Å². The van der Waals surface area contributed by atoms with Gasteiger partial charge in [0.25, 0.3) is 5.91 Å². The van der Waals surface area contributed by atoms with E-state index >= 15 is 0 Å². The highest BCUT2D eigenvalue weighted by molar-refractivity contribution is 7.85. The Bertz CT molecular complexity index is 894. The number of amides is 1. The fraction of sp³-hybridized carbons (Fsp3) is 0.333. The molecule has 0 bridgehead atoms. The fourth-order valence-corrected chi connectivity index (χ4v) is 4.10. The fourth-order valence-electron chi connectivity index (χ4n) is 3.16. The smallest absolute Gasteiger partial charge is 0.340 e. The van der Waals surface area contributed by atoms with E-state index in [1.165, 1.54) is 18.1 Å². The van der Waals surface area contributed by atoms with Crippen LogP contribution >= 0.6 is 0 Å². The Balaban J connectivity index is 1.66. The number of rotatable bonds is 6. The summed E-state index contributed by atoms with van der Waals surface area (Å²) in [7, 11) is -1.28. The highest BCUT2D eigenvalue weighted by atomic mass is 32.2. The van der Waals surface area contributed by atoms with Gasteiger partial charge in [0.1, 0.15) is 0 Å². The van der Waals surface area contributed by atoms with Crippen molar-refractivity contribution in [1.82, 2.24) is 0 Å². The van der Waals surface area contributed by atoms with Crippen LogP contribution in [-0.4, -0.2) is 27.9 Å². The second kappa shape index (κ2) is 8.48. The van der Waals surface area contributed by atoms with Gasteiger partial charge in [-0.25, -0.2) is 4.79 Å². The lowest BCUT2D eigenvalue weighted by Gasteiger charge is -2.15. The van der Waals surface area contributed by atoms with Crippen LogP contribution in [0.4, 0.5) is 5.69 Å². The lowest BCUT2D eigenvalue weighted by molar-refractivity contribution is -0.123. The van der Waals surface area contributed by atoms with E-state index in [1.54, 1.807) is 31.2 Å². The van der Waals surface area contributed by atoms with Crippen LogP contribution in [0.25, 0.3) is 0 Å². The highest BCUT2D eigenvalue weighted by Gasteiger charge is 2.22. The minimum Gasteiger partial charge on any atom is -0.449 e. The molecular formula is C21H23NO4S. The van der Waals surface area contributed by atoms with Crippen molar-refractivity contribution in [3.8, 4) is 0 Å². The van der Waals surface area contributed by atoms with E-state index in [0.717, 1.165) is 19.3 Å². The first kappa shape index (κ1) is 19.3. The molecule has 0 aliphatic heterocycles. The highest BCUT2D eigenvalue weighted by Crippen LogP contribution is 2.25. The minimum atomic E-state index is -1.28. The second-order valence-electron chi connectivity index (χ2n) is 6.50. The molecule has 3 rings (SSSR count). The summed E-state index contributed by atoms with van der Waals surface area (Å²) >= 11 is 0. The molecule has 2 atom stereocenters. The number of nitrogens with one attached hydrogen (secondary N) is 1. The van der Waals surface area contributed by atoms with Crippen molar-refractivity contribution >= 4 is 28.4 Å². The summed E-state index contributed by atoms with van der Waals surface area (Å²) in [6, 6.07) is 12.5. The Morgan fingerprint density at radius 2 is 1.89 bits per heavy atom. The molecule has 6 heteroatoms. The number of hydrogen-bond acceptors (Lipinski definition) is 4. The number of hydrogen-bond donors (Lipinski definition) is 1. The van der Waals surface area contributed by atoms with Crippen LogP contribution in [0, 0.1) is 0 Å². The van der Waals surface area contributed by atoms with Gasteiger partial charge >= 0.3 is 5.97 Å². The third-order valence-electron chi connectivity index (χ3n) is 4.63. The summed E-state index contributed by atoms with van der Waals surface area (Å²) in [5, 5.41) is 2.80. The Kier molecular flexibility index (Phi) is 6.06. The van der Waals surface area contributed by atoms with Crippen molar-refractivity contribution < 1.29 is 18.5 Å². The molecule has 0 unspecified atom stereocenters. The number of aryl methyl sites for hydroxylation is 2. The SMILES string of the molecule is CC[S@@](=O)c1ccccc1C(=O)O[C@@H](C)C(=O)Nc1ccc2c(c1)CCC2. The average Bonchev–Trinajstić information content (AvgIpc) is 3.15. The van der Waals surface area contributed by atoms with Gasteiger partial charge in [-0.15, -0.1) is 0 Å². The van der Waals surface area contributed by atoms with E-state index < -0.39 is 28.8 Å². The first-order valence-corrected chi connectivity index (χ1v) is 10.4.